The van der Waals surface area contributed by atoms with Crippen LogP contribution in [0, 0.1) is 5.92 Å². The maximum absolute atomic E-state index is 12.2. The van der Waals surface area contributed by atoms with Crippen LogP contribution in [-0.4, -0.2) is 22.6 Å². The highest BCUT2D eigenvalue weighted by Crippen LogP contribution is 2.36. The summed E-state index contributed by atoms with van der Waals surface area (Å²) in [6, 6.07) is 11.6. The van der Waals surface area contributed by atoms with E-state index in [-0.39, 0.29) is 11.2 Å². The topological polar surface area (TPSA) is 55.5 Å². The van der Waals surface area contributed by atoms with E-state index in [9.17, 15) is 9.59 Å². The third-order valence-electron chi connectivity index (χ3n) is 6.99. The average Bonchev–Trinajstić information content (AvgIpc) is 3.15. The molecule has 1 fully saturated rings. The van der Waals surface area contributed by atoms with Crippen molar-refractivity contribution in [1.29, 1.82) is 0 Å². The minimum Gasteiger partial charge on any atom is -0.423 e. The van der Waals surface area contributed by atoms with Gasteiger partial charge >= 0.3 is 5.63 Å². The Morgan fingerprint density at radius 1 is 1.00 bits per heavy atom. The van der Waals surface area contributed by atoms with Crippen molar-refractivity contribution in [2.24, 2.45) is 5.92 Å². The van der Waals surface area contributed by atoms with Gasteiger partial charge in [0.05, 0.1) is 0 Å². The van der Waals surface area contributed by atoms with Crippen LogP contribution in [0.5, 0.6) is 0 Å². The zero-order valence-electron chi connectivity index (χ0n) is 16.4. The quantitative estimate of drug-likeness (QED) is 0.633. The third-order valence-corrected chi connectivity index (χ3v) is 6.99. The van der Waals surface area contributed by atoms with Gasteiger partial charge in [-0.05, 0) is 66.5 Å². The van der Waals surface area contributed by atoms with Crippen molar-refractivity contribution >= 4 is 11.0 Å². The van der Waals surface area contributed by atoms with E-state index in [2.05, 4.69) is 23.1 Å². The Morgan fingerprint density at radius 2 is 1.86 bits per heavy atom. The molecule has 1 saturated heterocycles. The van der Waals surface area contributed by atoms with Gasteiger partial charge < -0.3 is 8.98 Å². The van der Waals surface area contributed by atoms with Crippen LogP contribution in [0.2, 0.25) is 0 Å². The molecule has 2 aliphatic heterocycles. The first-order chi connectivity index (χ1) is 14.1. The smallest absolute Gasteiger partial charge is 0.336 e. The first-order valence-electron chi connectivity index (χ1n) is 10.6. The maximum Gasteiger partial charge on any atom is 0.336 e. The third kappa shape index (κ3) is 2.87. The largest absolute Gasteiger partial charge is 0.423 e. The SMILES string of the molecule is O=c1cc(CN2CC3CC(C2)c2cccc(=O)n2C3)c2cc3c(cc2o1)CCC3. The Bertz CT molecular complexity index is 1240. The number of hydrogen-bond acceptors (Lipinski definition) is 4. The van der Waals surface area contributed by atoms with Crippen LogP contribution in [0.15, 0.2) is 50.4 Å². The van der Waals surface area contributed by atoms with Crippen molar-refractivity contribution in [3.8, 4) is 0 Å². The van der Waals surface area contributed by atoms with Gasteiger partial charge in [-0.15, -0.1) is 0 Å². The van der Waals surface area contributed by atoms with Gasteiger partial charge in [0.1, 0.15) is 5.58 Å². The minimum atomic E-state index is -0.264. The van der Waals surface area contributed by atoms with Crippen molar-refractivity contribution in [2.45, 2.75) is 44.7 Å². The van der Waals surface area contributed by atoms with Gasteiger partial charge in [0.25, 0.3) is 5.56 Å². The number of fused-ring (bicyclic) bond motifs is 6. The molecule has 0 radical (unpaired) electrons. The summed E-state index contributed by atoms with van der Waals surface area (Å²) in [6.45, 7) is 3.44. The summed E-state index contributed by atoms with van der Waals surface area (Å²) in [5, 5.41) is 1.08. The number of nitrogens with zero attached hydrogens (tertiary/aromatic N) is 2. The van der Waals surface area contributed by atoms with Crippen LogP contribution < -0.4 is 11.2 Å². The Balaban J connectivity index is 1.35. The molecule has 2 unspecified atom stereocenters. The molecular formula is C24H24N2O3. The fraction of sp³-hybridized carbons (Fsp3) is 0.417. The van der Waals surface area contributed by atoms with Gasteiger partial charge in [-0.2, -0.15) is 0 Å². The molecular weight excluding hydrogens is 364 g/mol. The summed E-state index contributed by atoms with van der Waals surface area (Å²) in [4.78, 5) is 26.9. The van der Waals surface area contributed by atoms with E-state index >= 15 is 0 Å². The summed E-state index contributed by atoms with van der Waals surface area (Å²) < 4.78 is 7.50. The van der Waals surface area contributed by atoms with Crippen molar-refractivity contribution in [3.05, 3.63) is 79.6 Å². The molecule has 3 aromatic rings. The number of pyridine rings is 1. The summed E-state index contributed by atoms with van der Waals surface area (Å²) in [7, 11) is 0. The van der Waals surface area contributed by atoms with E-state index in [0.717, 1.165) is 67.7 Å². The number of aryl methyl sites for hydroxylation is 2. The highest BCUT2D eigenvalue weighted by molar-refractivity contribution is 5.82. The lowest BCUT2D eigenvalue weighted by atomic mass is 9.83. The molecule has 148 valence electrons. The highest BCUT2D eigenvalue weighted by Gasteiger charge is 2.34. The lowest BCUT2D eigenvalue weighted by Crippen LogP contribution is -2.46. The summed E-state index contributed by atoms with van der Waals surface area (Å²) in [5.41, 5.74) is 5.53. The van der Waals surface area contributed by atoms with E-state index < -0.39 is 0 Å². The Hall–Kier alpha value is -2.66. The molecule has 1 aliphatic carbocycles. The normalized spacial score (nSPS) is 23.2. The average molecular weight is 388 g/mol. The van der Waals surface area contributed by atoms with Crippen molar-refractivity contribution in [1.82, 2.24) is 9.47 Å². The lowest BCUT2D eigenvalue weighted by Gasteiger charge is -2.42. The van der Waals surface area contributed by atoms with Gasteiger partial charge in [0.15, 0.2) is 0 Å². The molecule has 1 aromatic carbocycles. The molecule has 2 atom stereocenters. The molecule has 2 aromatic heterocycles. The van der Waals surface area contributed by atoms with Gasteiger partial charge in [0.2, 0.25) is 0 Å². The van der Waals surface area contributed by atoms with Gasteiger partial charge in [-0.3, -0.25) is 9.69 Å². The fourth-order valence-electron chi connectivity index (χ4n) is 5.79. The first-order valence-corrected chi connectivity index (χ1v) is 10.6. The van der Waals surface area contributed by atoms with Gasteiger partial charge in [0, 0.05) is 55.3 Å². The van der Waals surface area contributed by atoms with Crippen LogP contribution in [-0.2, 0) is 25.9 Å². The zero-order valence-corrected chi connectivity index (χ0v) is 16.4. The molecule has 3 aliphatic rings. The molecule has 29 heavy (non-hydrogen) atoms. The Morgan fingerprint density at radius 3 is 2.76 bits per heavy atom. The van der Waals surface area contributed by atoms with Crippen molar-refractivity contribution in [3.63, 3.8) is 0 Å². The fourth-order valence-corrected chi connectivity index (χ4v) is 5.79. The molecule has 5 heteroatoms. The monoisotopic (exact) mass is 388 g/mol. The summed E-state index contributed by atoms with van der Waals surface area (Å²) in [5.74, 6) is 0.865. The predicted octanol–water partition coefficient (Wildman–Crippen LogP) is 3.06. The zero-order chi connectivity index (χ0) is 19.5. The Labute approximate surface area is 168 Å². The molecule has 6 rings (SSSR count). The summed E-state index contributed by atoms with van der Waals surface area (Å²) in [6.07, 6.45) is 4.52. The second-order valence-electron chi connectivity index (χ2n) is 8.95. The molecule has 4 heterocycles. The highest BCUT2D eigenvalue weighted by atomic mass is 16.4. The second-order valence-corrected chi connectivity index (χ2v) is 8.95. The molecule has 0 saturated carbocycles. The second kappa shape index (κ2) is 6.42. The molecule has 0 amide bonds. The number of hydrogen-bond donors (Lipinski definition) is 0. The number of benzene rings is 1. The van der Waals surface area contributed by atoms with E-state index in [1.165, 1.54) is 17.5 Å². The maximum atomic E-state index is 12.2. The predicted molar refractivity (Wildman–Crippen MR) is 111 cm³/mol. The number of rotatable bonds is 2. The van der Waals surface area contributed by atoms with Crippen LogP contribution in [0.25, 0.3) is 11.0 Å². The number of piperidine rings is 1. The molecule has 0 N–H and O–H groups in total. The van der Waals surface area contributed by atoms with Crippen molar-refractivity contribution in [2.75, 3.05) is 13.1 Å². The first kappa shape index (κ1) is 17.2. The molecule has 2 bridgehead atoms. The lowest BCUT2D eigenvalue weighted by molar-refractivity contribution is 0.114. The van der Waals surface area contributed by atoms with E-state index in [1.807, 2.05) is 10.6 Å². The number of aromatic nitrogens is 1. The van der Waals surface area contributed by atoms with Crippen LogP contribution in [0.3, 0.4) is 0 Å². The van der Waals surface area contributed by atoms with Crippen LogP contribution in [0.1, 0.15) is 41.1 Å². The molecule has 5 nitrogen and oxygen atoms in total. The number of likely N-dealkylation sites (tertiary alicyclic amines) is 1. The van der Waals surface area contributed by atoms with Crippen molar-refractivity contribution < 1.29 is 4.42 Å². The van der Waals surface area contributed by atoms with E-state index in [1.54, 1.807) is 12.1 Å². The van der Waals surface area contributed by atoms with E-state index in [0.29, 0.717) is 11.8 Å². The van der Waals surface area contributed by atoms with Crippen LogP contribution in [0.4, 0.5) is 0 Å². The Kier molecular flexibility index (Phi) is 3.81. The van der Waals surface area contributed by atoms with Gasteiger partial charge in [-0.1, -0.05) is 6.07 Å². The standard InChI is InChI=1S/C24H24N2O3/c27-23-6-2-5-21-19-7-15(12-26(21)23)11-25(14-19)13-18-10-24(28)29-22-9-17-4-1-3-16(17)8-20(18)22/h2,5-6,8-10,15,19H,1,3-4,7,11-14H2. The van der Waals surface area contributed by atoms with Gasteiger partial charge in [-0.25, -0.2) is 4.79 Å². The van der Waals surface area contributed by atoms with E-state index in [4.69, 9.17) is 4.42 Å². The minimum absolute atomic E-state index is 0.117. The molecule has 0 spiro atoms. The van der Waals surface area contributed by atoms with Crippen LogP contribution >= 0.6 is 0 Å². The summed E-state index contributed by atoms with van der Waals surface area (Å²) >= 11 is 0.